The fourth-order valence-electron chi connectivity index (χ4n) is 5.71. The number of hydrogen-bond donors (Lipinski definition) is 19. The molecule has 0 bridgehead atoms. The first kappa shape index (κ1) is 80.1. The lowest BCUT2D eigenvalue weighted by molar-refractivity contribution is -0.140. The molecule has 83 heavy (non-hydrogen) atoms. The highest BCUT2D eigenvalue weighted by Crippen LogP contribution is 2.27. The van der Waals surface area contributed by atoms with E-state index in [9.17, 15) is 85.1 Å². The molecule has 0 rings (SSSR count). The van der Waals surface area contributed by atoms with Crippen molar-refractivity contribution in [3.63, 3.8) is 0 Å². The monoisotopic (exact) mass is 1270 g/mol. The van der Waals surface area contributed by atoms with E-state index >= 15 is 0 Å². The molecule has 0 aromatic carbocycles. The number of carbonyl (C=O) groups excluding carboxylic acids is 8. The number of nitrogens with one attached hydrogen (secondary N) is 5. The van der Waals surface area contributed by atoms with E-state index in [2.05, 4.69) is 33.9 Å². The first-order valence-corrected chi connectivity index (χ1v) is 28.6. The topological polar surface area (TPSA) is 654 Å². The molecule has 0 saturated heterocycles. The summed E-state index contributed by atoms with van der Waals surface area (Å²) in [5, 5.41) is 79.9. The van der Waals surface area contributed by atoms with Crippen LogP contribution in [-0.2, 0) is 86.8 Å². The fraction of sp³-hybridized carbons (Fsp3) is 0.628. The van der Waals surface area contributed by atoms with Crippen molar-refractivity contribution in [1.29, 1.82) is 0 Å². The van der Waals surface area contributed by atoms with E-state index in [0.717, 1.165) is 21.6 Å². The SMILES string of the molecule is N[C@@H](CCC(=O)C[C@@H](CS)C(=O)NCC(=O)O)C(=O)O.N[C@@H](CCC(=O)C[C@H](CSSC[C@@H](NC(=O)CC[C@H](N)C(=O)O)C(=O)NCC(=O)O)C(=O)NCC(=O)O)C(=O)O.N[C@H](CCC(=O)C[C@H](CS(=O)(=O)O)C(=O)NCC(=O)O)C(=O)O. The molecule has 0 aliphatic rings. The summed E-state index contributed by atoms with van der Waals surface area (Å²) >= 11 is 3.94. The maximum atomic E-state index is 12.4. The third kappa shape index (κ3) is 44.2. The maximum absolute atomic E-state index is 12.4. The van der Waals surface area contributed by atoms with Gasteiger partial charge >= 0.3 is 47.8 Å². The molecule has 0 aliphatic heterocycles. The highest BCUT2D eigenvalue weighted by Gasteiger charge is 2.29. The van der Waals surface area contributed by atoms with Crippen LogP contribution < -0.4 is 49.5 Å². The molecule has 0 saturated carbocycles. The summed E-state index contributed by atoms with van der Waals surface area (Å²) in [5.41, 5.74) is 21.2. The molecule has 36 nitrogen and oxygen atoms in total. The minimum absolute atomic E-state index is 0.00972. The van der Waals surface area contributed by atoms with E-state index in [0.29, 0.717) is 0 Å². The minimum atomic E-state index is -4.58. The predicted molar refractivity (Wildman–Crippen MR) is 288 cm³/mol. The standard InChI is InChI=1S/C21H33N5O12S2.C11H18N2O9S.C11H18N2O6S/c22-12(20(35)36)2-1-11(27)5-10(18(33)24-6-16(29)30)8-39-40-9-14(19(34)25-7-17(31)32)26-15(28)4-3-13(23)21(37)38;12-8(11(18)19)2-1-7(14)3-6(5-23(20,21)22)10(17)13-4-9(15)16;12-8(11(18)19)2-1-7(14)3-6(5-20)10(17)13-4-9(15)16/h10,12-14H,1-9,22-23H2,(H,24,33)(H,25,34)(H,26,28)(H,29,30)(H,31,32)(H,35,36)(H,37,38);6,8H,1-5,12H2,(H,13,17)(H,15,16)(H,18,19)(H,20,21,22);6,8,20H,1-5,12H2,(H,13,17)(H,15,16)(H,18,19)/t10-,12+,13+,14-;2*6-,8-/m110/s1. The Labute approximate surface area is 485 Å². The van der Waals surface area contributed by atoms with Gasteiger partial charge in [-0.25, -0.2) is 0 Å². The largest absolute Gasteiger partial charge is 0.480 e. The van der Waals surface area contributed by atoms with Crippen LogP contribution in [0.3, 0.4) is 0 Å². The number of carbonyl (C=O) groups is 16. The van der Waals surface area contributed by atoms with Gasteiger partial charge in [-0.15, -0.1) is 0 Å². The van der Waals surface area contributed by atoms with E-state index < -0.39 is 185 Å². The van der Waals surface area contributed by atoms with Crippen LogP contribution in [0.1, 0.15) is 70.6 Å². The molecule has 472 valence electrons. The van der Waals surface area contributed by atoms with Crippen molar-refractivity contribution in [2.75, 3.05) is 49.2 Å². The van der Waals surface area contributed by atoms with Gasteiger partial charge in [-0.3, -0.25) is 81.3 Å². The normalized spacial score (nSPS) is 13.6. The van der Waals surface area contributed by atoms with Crippen molar-refractivity contribution >= 4 is 139 Å². The molecular weight excluding hydrogens is 1200 g/mol. The molecule has 0 spiro atoms. The van der Waals surface area contributed by atoms with E-state index in [1.54, 1.807) is 0 Å². The highest BCUT2D eigenvalue weighted by molar-refractivity contribution is 8.76. The second-order valence-electron chi connectivity index (χ2n) is 17.3. The summed E-state index contributed by atoms with van der Waals surface area (Å²) in [7, 11) is -2.59. The molecule has 0 fully saturated rings. The van der Waals surface area contributed by atoms with Crippen molar-refractivity contribution in [2.24, 2.45) is 40.7 Å². The number of carboxylic acid groups (broad SMARTS) is 8. The van der Waals surface area contributed by atoms with Gasteiger partial charge in [0, 0.05) is 62.2 Å². The molecule has 0 aliphatic carbocycles. The summed E-state index contributed by atoms with van der Waals surface area (Å²) < 4.78 is 30.5. The second kappa shape index (κ2) is 43.6. The molecule has 0 radical (unpaired) electrons. The van der Waals surface area contributed by atoms with Gasteiger partial charge in [-0.1, -0.05) is 21.6 Å². The molecule has 5 amide bonds. The fourth-order valence-corrected chi connectivity index (χ4v) is 9.26. The molecule has 0 aromatic heterocycles. The van der Waals surface area contributed by atoms with Gasteiger partial charge in [0.15, 0.2) is 0 Å². The zero-order valence-electron chi connectivity index (χ0n) is 43.9. The van der Waals surface area contributed by atoms with Crippen molar-refractivity contribution < 1.29 is 131 Å². The summed E-state index contributed by atoms with van der Waals surface area (Å²) in [6.45, 7) is -2.74. The lowest BCUT2D eigenvalue weighted by atomic mass is 9.99. The van der Waals surface area contributed by atoms with Crippen LogP contribution in [0.25, 0.3) is 0 Å². The summed E-state index contributed by atoms with van der Waals surface area (Å²) in [4.78, 5) is 181. The summed E-state index contributed by atoms with van der Waals surface area (Å²) in [6, 6.07) is -6.22. The Morgan fingerprint density at radius 1 is 0.422 bits per heavy atom. The van der Waals surface area contributed by atoms with Gasteiger partial charge in [0.05, 0.1) is 23.5 Å². The lowest BCUT2D eigenvalue weighted by Crippen LogP contribution is -2.49. The number of carboxylic acids is 8. The van der Waals surface area contributed by atoms with Crippen LogP contribution in [0, 0.1) is 17.8 Å². The van der Waals surface area contributed by atoms with Crippen LogP contribution in [0.2, 0.25) is 0 Å². The van der Waals surface area contributed by atoms with Gasteiger partial charge in [0.25, 0.3) is 10.1 Å². The van der Waals surface area contributed by atoms with E-state index in [-0.39, 0.29) is 87.3 Å². The Morgan fingerprint density at radius 3 is 1.04 bits per heavy atom. The van der Waals surface area contributed by atoms with Gasteiger partial charge < -0.3 is 90.4 Å². The molecule has 8 atom stereocenters. The van der Waals surface area contributed by atoms with Crippen LogP contribution in [0.4, 0.5) is 0 Å². The van der Waals surface area contributed by atoms with Gasteiger partial charge in [0.1, 0.15) is 73.7 Å². The zero-order valence-corrected chi connectivity index (χ0v) is 47.3. The first-order valence-electron chi connectivity index (χ1n) is 23.9. The molecule has 0 aromatic rings. The summed E-state index contributed by atoms with van der Waals surface area (Å²) in [5.74, 6) is -20.1. The Bertz CT molecular complexity index is 2330. The third-order valence-corrected chi connectivity index (χ3v) is 14.0. The Kier molecular flexibility index (Phi) is 42.1. The zero-order chi connectivity index (χ0) is 64.7. The average molecular weight is 1270 g/mol. The summed E-state index contributed by atoms with van der Waals surface area (Å²) in [6.07, 6.45) is -2.56. The molecule has 22 N–H and O–H groups in total. The Morgan fingerprint density at radius 2 is 0.711 bits per heavy atom. The number of amides is 5. The predicted octanol–water partition coefficient (Wildman–Crippen LogP) is -6.06. The smallest absolute Gasteiger partial charge is 0.322 e. The van der Waals surface area contributed by atoms with Crippen LogP contribution in [-0.4, -0.2) is 228 Å². The molecule has 0 heterocycles. The number of nitrogens with two attached hydrogens (primary N) is 4. The van der Waals surface area contributed by atoms with Crippen molar-refractivity contribution in [3.05, 3.63) is 0 Å². The van der Waals surface area contributed by atoms with Crippen molar-refractivity contribution in [1.82, 2.24) is 26.6 Å². The number of hydrogen-bond acceptors (Lipinski definition) is 25. The quantitative estimate of drug-likeness (QED) is 0.0117. The van der Waals surface area contributed by atoms with Crippen molar-refractivity contribution in [3.8, 4) is 0 Å². The number of rotatable bonds is 43. The maximum Gasteiger partial charge on any atom is 0.322 e. The van der Waals surface area contributed by atoms with Crippen LogP contribution in [0.15, 0.2) is 0 Å². The number of thiol groups is 1. The first-order chi connectivity index (χ1) is 38.3. The molecular formula is C43H69N9O27S4. The third-order valence-electron chi connectivity index (χ3n) is 10.2. The number of Topliss-reactive ketones (excluding diaryl/α,β-unsaturated/α-hetero) is 3. The second-order valence-corrected chi connectivity index (χ2v) is 21.7. The van der Waals surface area contributed by atoms with Gasteiger partial charge in [0.2, 0.25) is 29.5 Å². The van der Waals surface area contributed by atoms with Gasteiger partial charge in [-0.2, -0.15) is 21.0 Å². The highest BCUT2D eigenvalue weighted by atomic mass is 33.1. The van der Waals surface area contributed by atoms with Crippen LogP contribution >= 0.6 is 34.2 Å². The van der Waals surface area contributed by atoms with Gasteiger partial charge in [-0.05, 0) is 25.7 Å². The van der Waals surface area contributed by atoms with Crippen LogP contribution in [0.5, 0.6) is 0 Å². The van der Waals surface area contributed by atoms with Crippen molar-refractivity contribution in [2.45, 2.75) is 101 Å². The number of ketones is 3. The molecule has 40 heteroatoms. The average Bonchev–Trinajstić information content (AvgIpc) is 3.38. The minimum Gasteiger partial charge on any atom is -0.480 e. The Hall–Kier alpha value is -7.08. The molecule has 0 unspecified atom stereocenters. The Balaban J connectivity index is -0.00000126. The van der Waals surface area contributed by atoms with E-state index in [1.165, 1.54) is 0 Å². The van der Waals surface area contributed by atoms with E-state index in [4.69, 9.17) is 68.3 Å². The van der Waals surface area contributed by atoms with E-state index in [1.807, 2.05) is 5.32 Å². The lowest BCUT2D eigenvalue weighted by Gasteiger charge is -2.19. The number of aliphatic carboxylic acids is 8.